The van der Waals surface area contributed by atoms with Gasteiger partial charge in [-0.25, -0.2) is 0 Å². The maximum atomic E-state index is 12.1. The van der Waals surface area contributed by atoms with Gasteiger partial charge in [0.25, 0.3) is 0 Å². The second kappa shape index (κ2) is 3.45. The first-order chi connectivity index (χ1) is 8.22. The zero-order valence-corrected chi connectivity index (χ0v) is 9.34. The number of hydrogen-bond acceptors (Lipinski definition) is 3. The lowest BCUT2D eigenvalue weighted by molar-refractivity contribution is -0.143. The molecule has 0 bridgehead atoms. The molecule has 0 amide bonds. The van der Waals surface area contributed by atoms with E-state index in [1.54, 1.807) is 4.57 Å². The fourth-order valence-corrected chi connectivity index (χ4v) is 2.40. The molecule has 1 aromatic heterocycles. The van der Waals surface area contributed by atoms with Crippen LogP contribution < -0.4 is 0 Å². The Hall–Kier alpha value is -2.10. The van der Waals surface area contributed by atoms with Crippen molar-refractivity contribution in [2.45, 2.75) is 6.42 Å². The van der Waals surface area contributed by atoms with Crippen LogP contribution in [0.15, 0.2) is 30.3 Å². The molecule has 0 spiro atoms. The fraction of sp³-hybridized carbons (Fsp3) is 0.231. The minimum Gasteiger partial charge on any atom is -0.468 e. The number of hydrogen-bond donors (Lipinski definition) is 0. The molecule has 4 nitrogen and oxygen atoms in total. The van der Waals surface area contributed by atoms with Crippen LogP contribution in [-0.2, 0) is 16.0 Å². The van der Waals surface area contributed by atoms with E-state index in [9.17, 15) is 9.59 Å². The molecule has 1 aromatic carbocycles. The minimum atomic E-state index is -0.681. The Labute approximate surface area is 97.8 Å². The third-order valence-electron chi connectivity index (χ3n) is 3.20. The first-order valence-corrected chi connectivity index (χ1v) is 5.44. The molecule has 1 atom stereocenters. The van der Waals surface area contributed by atoms with Crippen molar-refractivity contribution in [3.63, 3.8) is 0 Å². The van der Waals surface area contributed by atoms with Crippen LogP contribution in [0.3, 0.4) is 0 Å². The molecule has 2 heterocycles. The highest BCUT2D eigenvalue weighted by molar-refractivity contribution is 6.06. The summed E-state index contributed by atoms with van der Waals surface area (Å²) in [5.41, 5.74) is 1.74. The third kappa shape index (κ3) is 1.30. The van der Waals surface area contributed by atoms with E-state index in [-0.39, 0.29) is 5.91 Å². The number of para-hydroxylation sites is 1. The molecule has 17 heavy (non-hydrogen) atoms. The van der Waals surface area contributed by atoms with Crippen molar-refractivity contribution >= 4 is 22.8 Å². The number of methoxy groups -OCH3 is 1. The maximum absolute atomic E-state index is 12.1. The van der Waals surface area contributed by atoms with Crippen molar-refractivity contribution in [2.75, 3.05) is 7.11 Å². The highest BCUT2D eigenvalue weighted by Gasteiger charge is 2.37. The quantitative estimate of drug-likeness (QED) is 0.551. The predicted octanol–water partition coefficient (Wildman–Crippen LogP) is 1.63. The first kappa shape index (κ1) is 10.1. The number of fused-ring (bicyclic) bond motifs is 3. The molecule has 86 valence electrons. The van der Waals surface area contributed by atoms with Crippen LogP contribution in [-0.4, -0.2) is 23.6 Å². The van der Waals surface area contributed by atoms with Crippen LogP contribution in [0.4, 0.5) is 0 Å². The van der Waals surface area contributed by atoms with Crippen molar-refractivity contribution in [3.8, 4) is 0 Å². The number of carbonyl (C=O) groups is 2. The van der Waals surface area contributed by atoms with E-state index >= 15 is 0 Å². The molecule has 2 aromatic rings. The number of nitrogens with zero attached hydrogens (tertiary/aromatic N) is 1. The van der Waals surface area contributed by atoms with E-state index in [1.165, 1.54) is 7.11 Å². The van der Waals surface area contributed by atoms with Crippen molar-refractivity contribution in [2.24, 2.45) is 5.92 Å². The van der Waals surface area contributed by atoms with E-state index in [4.69, 9.17) is 0 Å². The van der Waals surface area contributed by atoms with Gasteiger partial charge in [0.1, 0.15) is 5.92 Å². The van der Waals surface area contributed by atoms with E-state index in [0.717, 1.165) is 16.6 Å². The second-order valence-electron chi connectivity index (χ2n) is 4.15. The summed E-state index contributed by atoms with van der Waals surface area (Å²) < 4.78 is 6.27. The van der Waals surface area contributed by atoms with Gasteiger partial charge in [0.05, 0.1) is 12.6 Å². The molecule has 3 rings (SSSR count). The zero-order valence-electron chi connectivity index (χ0n) is 9.34. The Balaban J connectivity index is 2.13. The molecule has 0 aliphatic carbocycles. The van der Waals surface area contributed by atoms with Gasteiger partial charge in [-0.05, 0) is 12.1 Å². The van der Waals surface area contributed by atoms with Crippen LogP contribution in [0.2, 0.25) is 0 Å². The van der Waals surface area contributed by atoms with Gasteiger partial charge in [-0.3, -0.25) is 14.2 Å². The average Bonchev–Trinajstić information content (AvgIpc) is 2.85. The van der Waals surface area contributed by atoms with Gasteiger partial charge in [-0.2, -0.15) is 0 Å². The maximum Gasteiger partial charge on any atom is 0.318 e. The lowest BCUT2D eigenvalue weighted by Gasteiger charge is -2.05. The van der Waals surface area contributed by atoms with Gasteiger partial charge in [-0.1, -0.05) is 18.2 Å². The third-order valence-corrected chi connectivity index (χ3v) is 3.20. The summed E-state index contributed by atoms with van der Waals surface area (Å²) in [6, 6.07) is 9.61. The molecular formula is C13H11NO3. The van der Waals surface area contributed by atoms with Crippen LogP contribution in [0, 0.1) is 5.92 Å². The Morgan fingerprint density at radius 3 is 2.94 bits per heavy atom. The highest BCUT2D eigenvalue weighted by Crippen LogP contribution is 2.29. The summed E-state index contributed by atoms with van der Waals surface area (Å²) in [5, 5.41) is 1.03. The standard InChI is InChI=1S/C13H11NO3/c1-17-13(16)10-7-9-6-8-4-2-3-5-11(8)14(9)12(10)15/h2-6,10H,7H2,1H3. The molecule has 1 unspecified atom stereocenters. The minimum absolute atomic E-state index is 0.187. The molecule has 1 aliphatic rings. The molecule has 0 radical (unpaired) electrons. The normalized spacial score (nSPS) is 18.4. The summed E-state index contributed by atoms with van der Waals surface area (Å²) in [7, 11) is 1.31. The van der Waals surface area contributed by atoms with Crippen molar-refractivity contribution in [3.05, 3.63) is 36.0 Å². The van der Waals surface area contributed by atoms with Gasteiger partial charge in [0.2, 0.25) is 5.91 Å². The molecule has 4 heteroatoms. The molecule has 0 fully saturated rings. The Morgan fingerprint density at radius 2 is 2.18 bits per heavy atom. The van der Waals surface area contributed by atoms with E-state index in [0.29, 0.717) is 6.42 Å². The van der Waals surface area contributed by atoms with E-state index in [2.05, 4.69) is 4.74 Å². The Kier molecular flexibility index (Phi) is 2.04. The van der Waals surface area contributed by atoms with Crippen LogP contribution in [0.5, 0.6) is 0 Å². The summed E-state index contributed by atoms with van der Waals surface area (Å²) in [4.78, 5) is 23.6. The number of rotatable bonds is 1. The average molecular weight is 229 g/mol. The Morgan fingerprint density at radius 1 is 1.41 bits per heavy atom. The van der Waals surface area contributed by atoms with E-state index in [1.807, 2.05) is 30.3 Å². The van der Waals surface area contributed by atoms with Crippen LogP contribution in [0.1, 0.15) is 10.5 Å². The highest BCUT2D eigenvalue weighted by atomic mass is 16.5. The topological polar surface area (TPSA) is 48.3 Å². The van der Waals surface area contributed by atoms with Gasteiger partial charge in [0, 0.05) is 17.5 Å². The van der Waals surface area contributed by atoms with Crippen LogP contribution >= 0.6 is 0 Å². The smallest absolute Gasteiger partial charge is 0.318 e. The largest absolute Gasteiger partial charge is 0.468 e. The number of aromatic nitrogens is 1. The van der Waals surface area contributed by atoms with Crippen molar-refractivity contribution in [1.29, 1.82) is 0 Å². The molecule has 0 saturated carbocycles. The number of esters is 1. The number of benzene rings is 1. The van der Waals surface area contributed by atoms with Crippen LogP contribution in [0.25, 0.3) is 10.9 Å². The summed E-state index contributed by atoms with van der Waals surface area (Å²) in [6.45, 7) is 0. The summed E-state index contributed by atoms with van der Waals surface area (Å²) >= 11 is 0. The van der Waals surface area contributed by atoms with Crippen molar-refractivity contribution < 1.29 is 14.3 Å². The first-order valence-electron chi connectivity index (χ1n) is 5.44. The van der Waals surface area contributed by atoms with Gasteiger partial charge >= 0.3 is 5.97 Å². The lowest BCUT2D eigenvalue weighted by Crippen LogP contribution is -2.24. The summed E-state index contributed by atoms with van der Waals surface area (Å²) in [5.74, 6) is -1.32. The fourth-order valence-electron chi connectivity index (χ4n) is 2.40. The number of carbonyl (C=O) groups excluding carboxylic acids is 2. The molecule has 0 saturated heterocycles. The van der Waals surface area contributed by atoms with Gasteiger partial charge in [-0.15, -0.1) is 0 Å². The summed E-state index contributed by atoms with van der Waals surface area (Å²) in [6.07, 6.45) is 0.431. The SMILES string of the molecule is COC(=O)C1Cc2cc3ccccc3n2C1=O. The predicted molar refractivity (Wildman–Crippen MR) is 61.8 cm³/mol. The molecule has 1 aliphatic heterocycles. The molecule has 0 N–H and O–H groups in total. The van der Waals surface area contributed by atoms with E-state index < -0.39 is 11.9 Å². The number of ether oxygens (including phenoxy) is 1. The van der Waals surface area contributed by atoms with Gasteiger partial charge in [0.15, 0.2) is 0 Å². The zero-order chi connectivity index (χ0) is 12.0. The molecular weight excluding hydrogens is 218 g/mol. The Bertz CT molecular complexity index is 627. The van der Waals surface area contributed by atoms with Crippen molar-refractivity contribution in [1.82, 2.24) is 4.57 Å². The monoisotopic (exact) mass is 229 g/mol. The lowest BCUT2D eigenvalue weighted by atomic mass is 10.1. The van der Waals surface area contributed by atoms with Gasteiger partial charge < -0.3 is 4.74 Å². The second-order valence-corrected chi connectivity index (χ2v) is 4.15.